The van der Waals surface area contributed by atoms with E-state index in [1.807, 2.05) is 22.4 Å². The maximum absolute atomic E-state index is 13.1. The fraction of sp³-hybridized carbons (Fsp3) is 0.562. The van der Waals surface area contributed by atoms with Crippen LogP contribution in [0.15, 0.2) is 17.5 Å². The van der Waals surface area contributed by atoms with E-state index in [0.29, 0.717) is 5.69 Å². The van der Waals surface area contributed by atoms with Crippen molar-refractivity contribution in [2.45, 2.75) is 57.7 Å². The van der Waals surface area contributed by atoms with Gasteiger partial charge in [0.15, 0.2) is 0 Å². The summed E-state index contributed by atoms with van der Waals surface area (Å²) in [6.45, 7) is 8.43. The Morgan fingerprint density at radius 2 is 1.95 bits per heavy atom. The van der Waals surface area contributed by atoms with Crippen molar-refractivity contribution >= 4 is 27.5 Å². The number of hydrogen-bond donors (Lipinski definition) is 2. The molecule has 0 spiro atoms. The summed E-state index contributed by atoms with van der Waals surface area (Å²) in [5.74, 6) is 0.0697. The van der Waals surface area contributed by atoms with Crippen LogP contribution >= 0.6 is 11.3 Å². The summed E-state index contributed by atoms with van der Waals surface area (Å²) in [7, 11) is 0. The number of H-pyrrole nitrogens is 1. The van der Waals surface area contributed by atoms with Gasteiger partial charge < -0.3 is 15.6 Å². The van der Waals surface area contributed by atoms with Gasteiger partial charge in [-0.15, -0.1) is 11.3 Å². The van der Waals surface area contributed by atoms with E-state index >= 15 is 0 Å². The van der Waals surface area contributed by atoms with Crippen LogP contribution in [0.1, 0.15) is 51.0 Å². The second-order valence-corrected chi connectivity index (χ2v) is 8.26. The number of nitrogens with zero attached hydrogens (tertiary/aromatic N) is 1. The summed E-state index contributed by atoms with van der Waals surface area (Å²) in [6, 6.07) is 4.12. The highest BCUT2D eigenvalue weighted by atomic mass is 32.1. The van der Waals surface area contributed by atoms with Crippen LogP contribution in [-0.4, -0.2) is 32.9 Å². The lowest BCUT2D eigenvalue weighted by Gasteiger charge is -2.54. The predicted molar refractivity (Wildman–Crippen MR) is 87.7 cm³/mol. The van der Waals surface area contributed by atoms with E-state index in [4.69, 9.17) is 5.73 Å². The second-order valence-electron chi connectivity index (χ2n) is 7.32. The van der Waals surface area contributed by atoms with E-state index in [9.17, 15) is 4.79 Å². The minimum absolute atomic E-state index is 0.0697. The fourth-order valence-electron chi connectivity index (χ4n) is 3.99. The summed E-state index contributed by atoms with van der Waals surface area (Å²) < 4.78 is 1.13. The van der Waals surface area contributed by atoms with Crippen LogP contribution in [0, 0.1) is 0 Å². The number of carbonyl (C=O) groups is 1. The molecule has 1 saturated heterocycles. The van der Waals surface area contributed by atoms with Crippen molar-refractivity contribution in [3.8, 4) is 0 Å². The number of amides is 1. The van der Waals surface area contributed by atoms with Crippen molar-refractivity contribution in [2.24, 2.45) is 5.73 Å². The number of likely N-dealkylation sites (tertiary alicyclic amines) is 1. The van der Waals surface area contributed by atoms with E-state index in [2.05, 4.69) is 32.7 Å². The molecule has 1 aliphatic rings. The quantitative estimate of drug-likeness (QED) is 0.848. The second kappa shape index (κ2) is 4.58. The van der Waals surface area contributed by atoms with Crippen molar-refractivity contribution < 1.29 is 4.79 Å². The number of piperidine rings is 1. The van der Waals surface area contributed by atoms with Gasteiger partial charge in [0.25, 0.3) is 5.91 Å². The molecule has 0 saturated carbocycles. The number of aromatic nitrogens is 1. The van der Waals surface area contributed by atoms with E-state index in [1.54, 1.807) is 11.3 Å². The third-order valence-electron chi connectivity index (χ3n) is 4.41. The van der Waals surface area contributed by atoms with Gasteiger partial charge in [-0.25, -0.2) is 0 Å². The Labute approximate surface area is 129 Å². The van der Waals surface area contributed by atoms with E-state index < -0.39 is 0 Å². The smallest absolute Gasteiger partial charge is 0.271 e. The first-order valence-corrected chi connectivity index (χ1v) is 8.25. The molecule has 1 amide bonds. The van der Waals surface area contributed by atoms with Crippen LogP contribution in [0.25, 0.3) is 10.2 Å². The SMILES string of the molecule is CC1(C)CC(N)CC(C)(C)N1C(=O)c1cc2sccc2[nH]1. The topological polar surface area (TPSA) is 62.1 Å². The molecular weight excluding hydrogens is 282 g/mol. The number of nitrogens with one attached hydrogen (secondary N) is 1. The van der Waals surface area contributed by atoms with Gasteiger partial charge in [-0.3, -0.25) is 4.79 Å². The Hall–Kier alpha value is -1.33. The molecule has 3 N–H and O–H groups in total. The van der Waals surface area contributed by atoms with Gasteiger partial charge >= 0.3 is 0 Å². The normalized spacial score (nSPS) is 21.9. The van der Waals surface area contributed by atoms with Crippen molar-refractivity contribution in [1.82, 2.24) is 9.88 Å². The Balaban J connectivity index is 2.00. The third kappa shape index (κ3) is 2.38. The minimum Gasteiger partial charge on any atom is -0.350 e. The summed E-state index contributed by atoms with van der Waals surface area (Å²) in [5, 5.41) is 2.03. The molecular formula is C16H23N3OS. The lowest BCUT2D eigenvalue weighted by molar-refractivity contribution is -0.0175. The molecule has 1 fully saturated rings. The van der Waals surface area contributed by atoms with Crippen LogP contribution in [0.5, 0.6) is 0 Å². The number of aromatic amines is 1. The summed E-state index contributed by atoms with van der Waals surface area (Å²) in [5.41, 5.74) is 7.42. The summed E-state index contributed by atoms with van der Waals surface area (Å²) in [6.07, 6.45) is 1.66. The fourth-order valence-corrected chi connectivity index (χ4v) is 4.77. The first-order chi connectivity index (χ1) is 9.71. The maximum atomic E-state index is 13.1. The number of fused-ring (bicyclic) bond motifs is 1. The zero-order valence-corrected chi connectivity index (χ0v) is 13.9. The molecule has 21 heavy (non-hydrogen) atoms. The first-order valence-electron chi connectivity index (χ1n) is 7.37. The van der Waals surface area contributed by atoms with Gasteiger partial charge in [-0.1, -0.05) is 0 Å². The molecule has 3 heterocycles. The highest BCUT2D eigenvalue weighted by Gasteiger charge is 2.47. The van der Waals surface area contributed by atoms with Crippen LogP contribution in [-0.2, 0) is 0 Å². The maximum Gasteiger partial charge on any atom is 0.271 e. The van der Waals surface area contributed by atoms with Gasteiger partial charge in [0.2, 0.25) is 0 Å². The molecule has 0 unspecified atom stereocenters. The molecule has 2 aromatic heterocycles. The number of rotatable bonds is 1. The number of nitrogens with two attached hydrogens (primary N) is 1. The average molecular weight is 305 g/mol. The Morgan fingerprint density at radius 3 is 2.52 bits per heavy atom. The molecule has 5 heteroatoms. The zero-order chi connectivity index (χ0) is 15.4. The molecule has 0 bridgehead atoms. The van der Waals surface area contributed by atoms with Gasteiger partial charge in [0.05, 0.1) is 10.2 Å². The molecule has 0 aliphatic carbocycles. The summed E-state index contributed by atoms with van der Waals surface area (Å²) in [4.78, 5) is 18.3. The Morgan fingerprint density at radius 1 is 1.33 bits per heavy atom. The van der Waals surface area contributed by atoms with Gasteiger partial charge in [-0.05, 0) is 58.0 Å². The van der Waals surface area contributed by atoms with Gasteiger partial charge in [0, 0.05) is 17.1 Å². The van der Waals surface area contributed by atoms with Crippen LogP contribution in [0.2, 0.25) is 0 Å². The van der Waals surface area contributed by atoms with Crippen LogP contribution in [0.3, 0.4) is 0 Å². The van der Waals surface area contributed by atoms with E-state index in [0.717, 1.165) is 23.1 Å². The average Bonchev–Trinajstić information content (AvgIpc) is 2.83. The van der Waals surface area contributed by atoms with Crippen molar-refractivity contribution in [1.29, 1.82) is 0 Å². The van der Waals surface area contributed by atoms with Crippen LogP contribution in [0.4, 0.5) is 0 Å². The monoisotopic (exact) mass is 305 g/mol. The molecule has 0 atom stereocenters. The molecule has 4 nitrogen and oxygen atoms in total. The lowest BCUT2D eigenvalue weighted by atomic mass is 9.77. The van der Waals surface area contributed by atoms with Gasteiger partial charge in [-0.2, -0.15) is 0 Å². The lowest BCUT2D eigenvalue weighted by Crippen LogP contribution is -2.65. The van der Waals surface area contributed by atoms with Crippen LogP contribution < -0.4 is 5.73 Å². The molecule has 0 aromatic carbocycles. The Kier molecular flexibility index (Phi) is 3.19. The van der Waals surface area contributed by atoms with Crippen molar-refractivity contribution in [2.75, 3.05) is 0 Å². The number of hydrogen-bond acceptors (Lipinski definition) is 3. The molecule has 0 radical (unpaired) electrons. The molecule has 114 valence electrons. The number of thiophene rings is 1. The molecule has 1 aliphatic heterocycles. The van der Waals surface area contributed by atoms with E-state index in [-0.39, 0.29) is 23.0 Å². The highest BCUT2D eigenvalue weighted by molar-refractivity contribution is 7.17. The number of carbonyl (C=O) groups excluding carboxylic acids is 1. The standard InChI is InChI=1S/C16H23N3OS/c1-15(2)8-10(17)9-16(3,4)19(15)14(20)12-7-13-11(18-12)5-6-21-13/h5-7,10,18H,8-9,17H2,1-4H3. The van der Waals surface area contributed by atoms with Crippen molar-refractivity contribution in [3.63, 3.8) is 0 Å². The van der Waals surface area contributed by atoms with Crippen molar-refractivity contribution in [3.05, 3.63) is 23.2 Å². The zero-order valence-electron chi connectivity index (χ0n) is 13.1. The summed E-state index contributed by atoms with van der Waals surface area (Å²) >= 11 is 1.65. The van der Waals surface area contributed by atoms with Gasteiger partial charge in [0.1, 0.15) is 5.69 Å². The molecule has 2 aromatic rings. The highest BCUT2D eigenvalue weighted by Crippen LogP contribution is 2.39. The minimum atomic E-state index is -0.239. The molecule has 3 rings (SSSR count). The largest absolute Gasteiger partial charge is 0.350 e. The Bertz CT molecular complexity index is 636. The third-order valence-corrected chi connectivity index (χ3v) is 5.27. The first kappa shape index (κ1) is 14.6. The van der Waals surface area contributed by atoms with E-state index in [1.165, 1.54) is 0 Å². The predicted octanol–water partition coefficient (Wildman–Crippen LogP) is 3.35.